The highest BCUT2D eigenvalue weighted by Crippen LogP contribution is 2.42. The second-order valence-electron chi connectivity index (χ2n) is 9.37. The number of carbonyl (C=O) groups excluding carboxylic acids is 1. The fraction of sp³-hybridized carbons (Fsp3) is 0.545. The number of nitrogens with two attached hydrogens (primary N) is 1. The van der Waals surface area contributed by atoms with Crippen LogP contribution in [0.3, 0.4) is 0 Å². The molecule has 2 aliphatic carbocycles. The van der Waals surface area contributed by atoms with E-state index in [0.29, 0.717) is 42.8 Å². The second-order valence-corrected chi connectivity index (χ2v) is 9.37. The van der Waals surface area contributed by atoms with Crippen LogP contribution < -0.4 is 11.1 Å². The van der Waals surface area contributed by atoms with Gasteiger partial charge in [0.1, 0.15) is 0 Å². The maximum Gasteiger partial charge on any atom is 0.435 e. The van der Waals surface area contributed by atoms with Gasteiger partial charge in [-0.1, -0.05) is 13.8 Å². The van der Waals surface area contributed by atoms with Crippen molar-refractivity contribution in [3.8, 4) is 5.69 Å². The number of nitrogens with zero attached hydrogens (tertiary/aromatic N) is 2. The maximum atomic E-state index is 13.7. The number of primary amides is 1. The number of aliphatic hydroxyl groups is 1. The van der Waals surface area contributed by atoms with E-state index < -0.39 is 23.9 Å². The van der Waals surface area contributed by atoms with Crippen LogP contribution in [0.1, 0.15) is 66.8 Å². The van der Waals surface area contributed by atoms with Crippen molar-refractivity contribution in [1.82, 2.24) is 9.78 Å². The van der Waals surface area contributed by atoms with Crippen molar-refractivity contribution in [3.63, 3.8) is 0 Å². The predicted octanol–water partition coefficient (Wildman–Crippen LogP) is 3.83. The number of hydrogen-bond donors (Lipinski definition) is 3. The van der Waals surface area contributed by atoms with Crippen molar-refractivity contribution in [3.05, 3.63) is 40.7 Å². The summed E-state index contributed by atoms with van der Waals surface area (Å²) in [6.07, 6.45) is -1.43. The van der Waals surface area contributed by atoms with Crippen LogP contribution in [0.4, 0.5) is 18.9 Å². The standard InChI is InChI=1S/C22H27F3N4O2/c1-21(2)9-8-14-17(11-21)29(28-19(14)22(23,24)25)12-6-7-13(20(26)31)16(10-12)27-15-4-3-5-18(15)30/h6-7,10,15,18,27,30H,3-5,8-9,11H2,1-2H3,(H2,26,31)/t15-,18-/m1/s1. The predicted molar refractivity (Wildman–Crippen MR) is 110 cm³/mol. The molecular weight excluding hydrogens is 409 g/mol. The summed E-state index contributed by atoms with van der Waals surface area (Å²) in [4.78, 5) is 11.9. The molecule has 0 spiro atoms. The van der Waals surface area contributed by atoms with Gasteiger partial charge in [-0.2, -0.15) is 18.3 Å². The Hall–Kier alpha value is -2.55. The molecule has 168 valence electrons. The van der Waals surface area contributed by atoms with E-state index in [1.54, 1.807) is 12.1 Å². The van der Waals surface area contributed by atoms with Crippen LogP contribution in [0.2, 0.25) is 0 Å². The van der Waals surface area contributed by atoms with Gasteiger partial charge in [-0.05, 0) is 62.1 Å². The van der Waals surface area contributed by atoms with Gasteiger partial charge >= 0.3 is 6.18 Å². The van der Waals surface area contributed by atoms with E-state index in [2.05, 4.69) is 10.4 Å². The van der Waals surface area contributed by atoms with Gasteiger partial charge in [0.05, 0.1) is 23.4 Å². The highest BCUT2D eigenvalue weighted by molar-refractivity contribution is 5.99. The molecular formula is C22H27F3N4O2. The smallest absolute Gasteiger partial charge is 0.391 e. The Morgan fingerprint density at radius 1 is 1.32 bits per heavy atom. The summed E-state index contributed by atoms with van der Waals surface area (Å²) in [6, 6.07) is 4.41. The number of halogens is 3. The first-order valence-corrected chi connectivity index (χ1v) is 10.5. The number of hydrogen-bond acceptors (Lipinski definition) is 4. The Balaban J connectivity index is 1.81. The van der Waals surface area contributed by atoms with Crippen molar-refractivity contribution in [2.75, 3.05) is 5.32 Å². The highest BCUT2D eigenvalue weighted by Gasteiger charge is 2.42. The van der Waals surface area contributed by atoms with Crippen LogP contribution in [0.15, 0.2) is 18.2 Å². The maximum absolute atomic E-state index is 13.7. The molecule has 1 fully saturated rings. The SMILES string of the molecule is CC1(C)CCc2c(C(F)(F)F)nn(-c3ccc(C(N)=O)c(N[C@@H]4CCC[C@H]4O)c3)c2C1. The third-order valence-electron chi connectivity index (χ3n) is 6.39. The monoisotopic (exact) mass is 436 g/mol. The lowest BCUT2D eigenvalue weighted by Crippen LogP contribution is -2.29. The first-order chi connectivity index (χ1) is 14.5. The number of alkyl halides is 3. The van der Waals surface area contributed by atoms with E-state index in [-0.39, 0.29) is 22.6 Å². The topological polar surface area (TPSA) is 93.2 Å². The molecule has 1 heterocycles. The first-order valence-electron chi connectivity index (χ1n) is 10.5. The van der Waals surface area contributed by atoms with Gasteiger partial charge in [-0.25, -0.2) is 4.68 Å². The van der Waals surface area contributed by atoms with Crippen LogP contribution in [0, 0.1) is 5.41 Å². The van der Waals surface area contributed by atoms with Crippen LogP contribution in [0.25, 0.3) is 5.69 Å². The second kappa shape index (κ2) is 7.55. The molecule has 1 aromatic heterocycles. The lowest BCUT2D eigenvalue weighted by Gasteiger charge is -2.30. The van der Waals surface area contributed by atoms with Crippen molar-refractivity contribution < 1.29 is 23.1 Å². The minimum atomic E-state index is -4.54. The molecule has 0 saturated heterocycles. The van der Waals surface area contributed by atoms with Gasteiger partial charge in [-0.15, -0.1) is 0 Å². The Morgan fingerprint density at radius 3 is 2.68 bits per heavy atom. The molecule has 2 aliphatic rings. The number of fused-ring (bicyclic) bond motifs is 1. The summed E-state index contributed by atoms with van der Waals surface area (Å²) < 4.78 is 42.4. The summed E-state index contributed by atoms with van der Waals surface area (Å²) >= 11 is 0. The van der Waals surface area contributed by atoms with Crippen LogP contribution in [0.5, 0.6) is 0 Å². The first kappa shape index (κ1) is 21.7. The Morgan fingerprint density at radius 2 is 2.06 bits per heavy atom. The number of rotatable bonds is 4. The van der Waals surface area contributed by atoms with E-state index in [1.165, 1.54) is 10.7 Å². The zero-order valence-electron chi connectivity index (χ0n) is 17.6. The number of amides is 1. The molecule has 0 unspecified atom stereocenters. The van der Waals surface area contributed by atoms with Crippen molar-refractivity contribution in [2.45, 2.75) is 70.7 Å². The van der Waals surface area contributed by atoms with Gasteiger partial charge in [0.15, 0.2) is 5.69 Å². The summed E-state index contributed by atoms with van der Waals surface area (Å²) in [6.45, 7) is 4.07. The van der Waals surface area contributed by atoms with E-state index in [4.69, 9.17) is 5.73 Å². The third kappa shape index (κ3) is 4.15. The molecule has 1 aromatic carbocycles. The van der Waals surface area contributed by atoms with Gasteiger partial charge < -0.3 is 16.2 Å². The van der Waals surface area contributed by atoms with Crippen molar-refractivity contribution in [2.24, 2.45) is 11.1 Å². The summed E-state index contributed by atoms with van der Waals surface area (Å²) in [5.74, 6) is -0.652. The molecule has 2 atom stereocenters. The molecule has 0 radical (unpaired) electrons. The van der Waals surface area contributed by atoms with Gasteiger partial charge in [0, 0.05) is 16.9 Å². The molecule has 1 amide bonds. The molecule has 2 aromatic rings. The molecule has 1 saturated carbocycles. The largest absolute Gasteiger partial charge is 0.435 e. The fourth-order valence-electron chi connectivity index (χ4n) is 4.68. The number of anilines is 1. The lowest BCUT2D eigenvalue weighted by atomic mass is 9.76. The zero-order chi connectivity index (χ0) is 22.6. The Bertz CT molecular complexity index is 1010. The van der Waals surface area contributed by atoms with E-state index in [1.807, 2.05) is 13.8 Å². The average Bonchev–Trinajstić information content (AvgIpc) is 3.23. The number of benzene rings is 1. The van der Waals surface area contributed by atoms with Gasteiger partial charge in [0.25, 0.3) is 5.91 Å². The molecule has 0 aliphatic heterocycles. The fourth-order valence-corrected chi connectivity index (χ4v) is 4.68. The number of aliphatic hydroxyl groups excluding tert-OH is 1. The highest BCUT2D eigenvalue weighted by atomic mass is 19.4. The van der Waals surface area contributed by atoms with Crippen LogP contribution in [-0.4, -0.2) is 32.9 Å². The van der Waals surface area contributed by atoms with E-state index in [9.17, 15) is 23.1 Å². The van der Waals surface area contributed by atoms with Crippen molar-refractivity contribution in [1.29, 1.82) is 0 Å². The lowest BCUT2D eigenvalue weighted by molar-refractivity contribution is -0.142. The average molecular weight is 436 g/mol. The normalized spacial score (nSPS) is 22.9. The third-order valence-corrected chi connectivity index (χ3v) is 6.39. The quantitative estimate of drug-likeness (QED) is 0.679. The van der Waals surface area contributed by atoms with Gasteiger partial charge in [-0.3, -0.25) is 4.79 Å². The molecule has 31 heavy (non-hydrogen) atoms. The Kier molecular flexibility index (Phi) is 5.28. The number of nitrogens with one attached hydrogen (secondary N) is 1. The van der Waals surface area contributed by atoms with Crippen LogP contribution in [-0.2, 0) is 19.0 Å². The summed E-state index contributed by atoms with van der Waals surface area (Å²) in [5, 5.41) is 17.3. The van der Waals surface area contributed by atoms with Crippen molar-refractivity contribution >= 4 is 11.6 Å². The molecule has 0 bridgehead atoms. The number of carbonyl (C=O) groups is 1. The summed E-state index contributed by atoms with van der Waals surface area (Å²) in [7, 11) is 0. The summed E-state index contributed by atoms with van der Waals surface area (Å²) in [5.41, 5.74) is 6.34. The minimum absolute atomic E-state index is 0.143. The van der Waals surface area contributed by atoms with Crippen LogP contribution >= 0.6 is 0 Å². The minimum Gasteiger partial charge on any atom is -0.391 e. The zero-order valence-corrected chi connectivity index (χ0v) is 17.6. The van der Waals surface area contributed by atoms with E-state index in [0.717, 1.165) is 12.8 Å². The molecule has 9 heteroatoms. The molecule has 4 N–H and O–H groups in total. The van der Waals surface area contributed by atoms with E-state index >= 15 is 0 Å². The molecule has 6 nitrogen and oxygen atoms in total. The van der Waals surface area contributed by atoms with Gasteiger partial charge in [0.2, 0.25) is 0 Å². The molecule has 4 rings (SSSR count). The number of aromatic nitrogens is 2. The Labute approximate surface area is 178 Å².